The topological polar surface area (TPSA) is 50.8 Å². The summed E-state index contributed by atoms with van der Waals surface area (Å²) in [5.74, 6) is 1.78. The van der Waals surface area contributed by atoms with Crippen LogP contribution >= 0.6 is 0 Å². The number of carbonyl (C=O) groups excluding carboxylic acids is 1. The summed E-state index contributed by atoms with van der Waals surface area (Å²) < 4.78 is 11.8. The average Bonchev–Trinajstić information content (AvgIpc) is 3.09. The molecule has 2 unspecified atom stereocenters. The number of para-hydroxylation sites is 2. The number of likely N-dealkylation sites (tertiary alicyclic amines) is 1. The Kier molecular flexibility index (Phi) is 7.25. The number of hydrogen-bond donors (Lipinski definition) is 1. The van der Waals surface area contributed by atoms with Crippen LogP contribution in [0.15, 0.2) is 54.6 Å². The highest BCUT2D eigenvalue weighted by Crippen LogP contribution is 2.30. The summed E-state index contributed by atoms with van der Waals surface area (Å²) in [6.45, 7) is 3.79. The van der Waals surface area contributed by atoms with Crippen LogP contribution in [0.3, 0.4) is 0 Å². The molecule has 2 aromatic rings. The van der Waals surface area contributed by atoms with Crippen LogP contribution in [0.1, 0.15) is 43.6 Å². The van der Waals surface area contributed by atoms with Gasteiger partial charge in [0.15, 0.2) is 11.5 Å². The number of hydrogen-bond acceptors (Lipinski definition) is 4. The largest absolute Gasteiger partial charge is 0.486 e. The predicted octanol–water partition coefficient (Wildman–Crippen LogP) is 3.99. The van der Waals surface area contributed by atoms with Crippen molar-refractivity contribution >= 4 is 5.91 Å². The first-order valence-corrected chi connectivity index (χ1v) is 11.2. The molecule has 1 amide bonds. The average molecular weight is 409 g/mol. The zero-order valence-corrected chi connectivity index (χ0v) is 17.6. The molecule has 1 saturated heterocycles. The fraction of sp³-hybridized carbons (Fsp3) is 0.480. The van der Waals surface area contributed by atoms with Crippen molar-refractivity contribution in [3.8, 4) is 11.5 Å². The summed E-state index contributed by atoms with van der Waals surface area (Å²) in [7, 11) is 0. The highest BCUT2D eigenvalue weighted by Gasteiger charge is 2.26. The van der Waals surface area contributed by atoms with Gasteiger partial charge in [0.05, 0.1) is 5.92 Å². The van der Waals surface area contributed by atoms with Gasteiger partial charge in [-0.2, -0.15) is 0 Å². The first kappa shape index (κ1) is 20.7. The van der Waals surface area contributed by atoms with E-state index < -0.39 is 0 Å². The van der Waals surface area contributed by atoms with Crippen molar-refractivity contribution in [1.29, 1.82) is 0 Å². The van der Waals surface area contributed by atoms with E-state index in [0.717, 1.165) is 56.0 Å². The Labute approximate surface area is 179 Å². The van der Waals surface area contributed by atoms with Crippen molar-refractivity contribution in [2.45, 2.75) is 44.1 Å². The van der Waals surface area contributed by atoms with Gasteiger partial charge in [-0.05, 0) is 43.5 Å². The fourth-order valence-electron chi connectivity index (χ4n) is 4.30. The molecule has 0 aromatic heterocycles. The van der Waals surface area contributed by atoms with E-state index in [9.17, 15) is 4.79 Å². The smallest absolute Gasteiger partial charge is 0.230 e. The lowest BCUT2D eigenvalue weighted by atomic mass is 9.94. The zero-order valence-electron chi connectivity index (χ0n) is 17.6. The highest BCUT2D eigenvalue weighted by atomic mass is 16.6. The molecule has 0 saturated carbocycles. The van der Waals surface area contributed by atoms with Crippen LogP contribution < -0.4 is 14.8 Å². The number of carbonyl (C=O) groups is 1. The minimum absolute atomic E-state index is 0.0172. The molecule has 2 heterocycles. The lowest BCUT2D eigenvalue weighted by Gasteiger charge is -2.28. The molecule has 0 bridgehead atoms. The highest BCUT2D eigenvalue weighted by molar-refractivity contribution is 5.83. The number of nitrogens with one attached hydrogen (secondary N) is 1. The second-order valence-electron chi connectivity index (χ2n) is 8.19. The zero-order chi connectivity index (χ0) is 20.6. The standard InChI is InChI=1S/C25H32N2O3/c28-25(27-16-8-1-2-9-17-27)22(20-10-4-3-5-11-20)14-15-26-18-21-19-29-23-12-6-7-13-24(23)30-21/h3-7,10-13,21-22,26H,1-2,8-9,14-19H2. The molecule has 2 atom stereocenters. The van der Waals surface area contributed by atoms with Gasteiger partial charge in [-0.1, -0.05) is 55.3 Å². The van der Waals surface area contributed by atoms with Gasteiger partial charge in [0.2, 0.25) is 5.91 Å². The molecule has 0 radical (unpaired) electrons. The Morgan fingerprint density at radius 3 is 2.43 bits per heavy atom. The van der Waals surface area contributed by atoms with Crippen LogP contribution in [0, 0.1) is 0 Å². The van der Waals surface area contributed by atoms with Crippen molar-refractivity contribution in [2.75, 3.05) is 32.8 Å². The van der Waals surface area contributed by atoms with Gasteiger partial charge in [0.25, 0.3) is 0 Å². The fourth-order valence-corrected chi connectivity index (χ4v) is 4.30. The van der Waals surface area contributed by atoms with E-state index in [1.165, 1.54) is 12.8 Å². The molecular weight excluding hydrogens is 376 g/mol. The first-order valence-electron chi connectivity index (χ1n) is 11.2. The molecule has 1 N–H and O–H groups in total. The Bertz CT molecular complexity index is 803. The number of benzene rings is 2. The number of fused-ring (bicyclic) bond motifs is 1. The second-order valence-corrected chi connectivity index (χ2v) is 8.19. The van der Waals surface area contributed by atoms with Gasteiger partial charge in [0, 0.05) is 19.6 Å². The van der Waals surface area contributed by atoms with Crippen LogP contribution in [0.5, 0.6) is 11.5 Å². The maximum absolute atomic E-state index is 13.3. The lowest BCUT2D eigenvalue weighted by Crippen LogP contribution is -2.40. The van der Waals surface area contributed by atoms with E-state index in [2.05, 4.69) is 22.3 Å². The van der Waals surface area contributed by atoms with Crippen molar-refractivity contribution in [3.05, 3.63) is 60.2 Å². The van der Waals surface area contributed by atoms with Gasteiger partial charge in [-0.15, -0.1) is 0 Å². The molecule has 2 aliphatic rings. The predicted molar refractivity (Wildman–Crippen MR) is 118 cm³/mol. The SMILES string of the molecule is O=C(C(CCNCC1COc2ccccc2O1)c1ccccc1)N1CCCCCC1. The Hall–Kier alpha value is -2.53. The number of ether oxygens (including phenoxy) is 2. The molecule has 5 nitrogen and oxygen atoms in total. The normalized spacial score (nSPS) is 19.7. The van der Waals surface area contributed by atoms with Crippen LogP contribution in [-0.2, 0) is 4.79 Å². The third-order valence-electron chi connectivity index (χ3n) is 5.97. The summed E-state index contributed by atoms with van der Waals surface area (Å²) in [5, 5.41) is 3.48. The maximum atomic E-state index is 13.3. The Balaban J connectivity index is 1.32. The number of rotatable bonds is 7. The molecule has 30 heavy (non-hydrogen) atoms. The monoisotopic (exact) mass is 408 g/mol. The Morgan fingerprint density at radius 2 is 1.67 bits per heavy atom. The van der Waals surface area contributed by atoms with Crippen LogP contribution in [0.2, 0.25) is 0 Å². The summed E-state index contributed by atoms with van der Waals surface area (Å²) in [4.78, 5) is 15.4. The molecule has 4 rings (SSSR count). The quantitative estimate of drug-likeness (QED) is 0.704. The summed E-state index contributed by atoms with van der Waals surface area (Å²) in [5.41, 5.74) is 1.11. The second kappa shape index (κ2) is 10.5. The minimum Gasteiger partial charge on any atom is -0.486 e. The van der Waals surface area contributed by atoms with E-state index in [1.807, 2.05) is 42.5 Å². The van der Waals surface area contributed by atoms with E-state index in [4.69, 9.17) is 9.47 Å². The molecular formula is C25H32N2O3. The van der Waals surface area contributed by atoms with Gasteiger partial charge < -0.3 is 19.7 Å². The van der Waals surface area contributed by atoms with Crippen molar-refractivity contribution < 1.29 is 14.3 Å². The van der Waals surface area contributed by atoms with E-state index in [0.29, 0.717) is 13.2 Å². The summed E-state index contributed by atoms with van der Waals surface area (Å²) in [6, 6.07) is 18.0. The van der Waals surface area contributed by atoms with Crippen molar-refractivity contribution in [3.63, 3.8) is 0 Å². The van der Waals surface area contributed by atoms with Gasteiger partial charge in [-0.3, -0.25) is 4.79 Å². The first-order chi connectivity index (χ1) is 14.8. The van der Waals surface area contributed by atoms with E-state index in [1.54, 1.807) is 0 Å². The van der Waals surface area contributed by atoms with E-state index in [-0.39, 0.29) is 17.9 Å². The van der Waals surface area contributed by atoms with Crippen LogP contribution in [0.25, 0.3) is 0 Å². The molecule has 0 spiro atoms. The lowest BCUT2D eigenvalue weighted by molar-refractivity contribution is -0.133. The van der Waals surface area contributed by atoms with Gasteiger partial charge in [-0.25, -0.2) is 0 Å². The molecule has 0 aliphatic carbocycles. The minimum atomic E-state index is -0.0962. The third kappa shape index (κ3) is 5.33. The van der Waals surface area contributed by atoms with Crippen molar-refractivity contribution in [1.82, 2.24) is 10.2 Å². The molecule has 1 fully saturated rings. The van der Waals surface area contributed by atoms with Crippen LogP contribution in [0.4, 0.5) is 0 Å². The molecule has 160 valence electrons. The van der Waals surface area contributed by atoms with E-state index >= 15 is 0 Å². The maximum Gasteiger partial charge on any atom is 0.230 e. The molecule has 2 aromatic carbocycles. The number of amides is 1. The Morgan fingerprint density at radius 1 is 0.967 bits per heavy atom. The molecule has 2 aliphatic heterocycles. The van der Waals surface area contributed by atoms with Crippen molar-refractivity contribution in [2.24, 2.45) is 0 Å². The van der Waals surface area contributed by atoms with Gasteiger partial charge >= 0.3 is 0 Å². The van der Waals surface area contributed by atoms with Gasteiger partial charge in [0.1, 0.15) is 12.7 Å². The summed E-state index contributed by atoms with van der Waals surface area (Å²) >= 11 is 0. The molecule has 5 heteroatoms. The summed E-state index contributed by atoms with van der Waals surface area (Å²) in [6.07, 6.45) is 5.46. The van der Waals surface area contributed by atoms with Crippen LogP contribution in [-0.4, -0.2) is 49.7 Å². The third-order valence-corrected chi connectivity index (χ3v) is 5.97. The number of nitrogens with zero attached hydrogens (tertiary/aromatic N) is 1.